The fraction of sp³-hybridized carbons (Fsp3) is 0.548. The first kappa shape index (κ1) is 26.7. The highest BCUT2D eigenvalue weighted by Crippen LogP contribution is 2.30. The van der Waals surface area contributed by atoms with Crippen molar-refractivity contribution in [2.75, 3.05) is 26.2 Å². The molecule has 1 N–H and O–H groups in total. The molecule has 2 aliphatic rings. The van der Waals surface area contributed by atoms with Gasteiger partial charge in [0.15, 0.2) is 5.11 Å². The van der Waals surface area contributed by atoms with Crippen LogP contribution in [0.3, 0.4) is 0 Å². The first-order valence-electron chi connectivity index (χ1n) is 14.0. The van der Waals surface area contributed by atoms with Crippen molar-refractivity contribution in [2.24, 2.45) is 10.9 Å². The zero-order valence-corrected chi connectivity index (χ0v) is 23.1. The first-order valence-corrected chi connectivity index (χ1v) is 14.4. The number of aliphatic imine (C=N–C) groups is 1. The van der Waals surface area contributed by atoms with Gasteiger partial charge in [-0.25, -0.2) is 0 Å². The lowest BCUT2D eigenvalue weighted by Gasteiger charge is -2.26. The Morgan fingerprint density at radius 3 is 2.42 bits per heavy atom. The van der Waals surface area contributed by atoms with E-state index >= 15 is 0 Å². The summed E-state index contributed by atoms with van der Waals surface area (Å²) >= 11 is 5.99. The molecule has 0 aliphatic carbocycles. The van der Waals surface area contributed by atoms with E-state index in [9.17, 15) is 0 Å². The molecule has 1 fully saturated rings. The third-order valence-electron chi connectivity index (χ3n) is 7.48. The van der Waals surface area contributed by atoms with Crippen LogP contribution in [0.5, 0.6) is 0 Å². The smallest absolute Gasteiger partial charge is 0.172 e. The summed E-state index contributed by atoms with van der Waals surface area (Å²) in [5.74, 6) is 1.95. The number of thiocarbonyl (C=S) groups is 1. The zero-order valence-electron chi connectivity index (χ0n) is 22.2. The number of benzene rings is 2. The molecule has 0 saturated carbocycles. The number of nitrogens with zero attached hydrogens (tertiary/aromatic N) is 3. The van der Waals surface area contributed by atoms with Crippen LogP contribution >= 0.6 is 12.2 Å². The molecular formula is C31H44N4S. The van der Waals surface area contributed by atoms with Crippen molar-refractivity contribution >= 4 is 23.2 Å². The number of hydrogen-bond acceptors (Lipinski definition) is 3. The molecule has 2 atom stereocenters. The Morgan fingerprint density at radius 1 is 0.917 bits per heavy atom. The van der Waals surface area contributed by atoms with Crippen LogP contribution in [0.1, 0.15) is 76.0 Å². The Hall–Kier alpha value is -2.40. The van der Waals surface area contributed by atoms with Gasteiger partial charge in [-0.1, -0.05) is 74.5 Å². The van der Waals surface area contributed by atoms with Crippen LogP contribution in [0, 0.1) is 5.92 Å². The highest BCUT2D eigenvalue weighted by molar-refractivity contribution is 7.80. The van der Waals surface area contributed by atoms with Crippen molar-refractivity contribution in [2.45, 2.75) is 77.3 Å². The normalized spacial score (nSPS) is 19.8. The Bertz CT molecular complexity index is 959. The van der Waals surface area contributed by atoms with Crippen molar-refractivity contribution < 1.29 is 0 Å². The maximum absolute atomic E-state index is 5.99. The second kappa shape index (κ2) is 13.8. The number of aryl methyl sites for hydroxylation is 1. The molecule has 0 aromatic heterocycles. The summed E-state index contributed by atoms with van der Waals surface area (Å²) in [5, 5.41) is 4.74. The standard InChI is InChI=1S/C31H44N4S/c1-25(2)13-12-22-35-29(27-17-7-4-8-18-27)24-34(31(35)36)21-10-9-19-28-23-32-30(33-28)20-11-16-26-14-5-3-6-15-26/h3-8,14-15,17-18,25,28-29H,9-13,16,19-24H2,1-2H3,(H,32,33)/t28-,29-/m0/s1. The van der Waals surface area contributed by atoms with Gasteiger partial charge in [0.25, 0.3) is 0 Å². The van der Waals surface area contributed by atoms with Gasteiger partial charge in [-0.05, 0) is 74.2 Å². The predicted molar refractivity (Wildman–Crippen MR) is 157 cm³/mol. The van der Waals surface area contributed by atoms with E-state index in [1.165, 1.54) is 49.1 Å². The minimum absolute atomic E-state index is 0.384. The molecular weight excluding hydrogens is 460 g/mol. The van der Waals surface area contributed by atoms with Gasteiger partial charge in [0.2, 0.25) is 0 Å². The van der Waals surface area contributed by atoms with Crippen LogP contribution in [0.15, 0.2) is 65.7 Å². The molecule has 2 aromatic carbocycles. The molecule has 2 heterocycles. The number of amidine groups is 1. The maximum atomic E-state index is 5.99. The number of rotatable bonds is 14. The van der Waals surface area contributed by atoms with Gasteiger partial charge >= 0.3 is 0 Å². The van der Waals surface area contributed by atoms with Crippen LogP contribution < -0.4 is 5.32 Å². The molecule has 1 saturated heterocycles. The average molecular weight is 505 g/mol. The summed E-state index contributed by atoms with van der Waals surface area (Å²) in [6, 6.07) is 22.6. The lowest BCUT2D eigenvalue weighted by atomic mass is 10.0. The van der Waals surface area contributed by atoms with E-state index in [-0.39, 0.29) is 0 Å². The first-order chi connectivity index (χ1) is 17.6. The van der Waals surface area contributed by atoms with Crippen molar-refractivity contribution in [3.8, 4) is 0 Å². The van der Waals surface area contributed by atoms with Crippen molar-refractivity contribution in [1.82, 2.24) is 15.1 Å². The number of nitrogens with one attached hydrogen (secondary N) is 1. The van der Waals surface area contributed by atoms with Gasteiger partial charge in [0.05, 0.1) is 18.4 Å². The third-order valence-corrected chi connectivity index (χ3v) is 7.97. The van der Waals surface area contributed by atoms with Crippen LogP contribution in [-0.4, -0.2) is 53.0 Å². The fourth-order valence-electron chi connectivity index (χ4n) is 5.43. The van der Waals surface area contributed by atoms with E-state index in [2.05, 4.69) is 89.6 Å². The minimum atomic E-state index is 0.384. The Morgan fingerprint density at radius 2 is 1.67 bits per heavy atom. The van der Waals surface area contributed by atoms with E-state index in [1.807, 2.05) is 0 Å². The molecule has 0 bridgehead atoms. The highest BCUT2D eigenvalue weighted by Gasteiger charge is 2.34. The molecule has 0 spiro atoms. The van der Waals surface area contributed by atoms with Gasteiger partial charge < -0.3 is 15.1 Å². The summed E-state index contributed by atoms with van der Waals surface area (Å²) in [6.07, 6.45) is 9.39. The molecule has 36 heavy (non-hydrogen) atoms. The molecule has 194 valence electrons. The molecule has 0 amide bonds. The van der Waals surface area contributed by atoms with Crippen LogP contribution in [0.25, 0.3) is 0 Å². The molecule has 5 heteroatoms. The average Bonchev–Trinajstić information content (AvgIpc) is 3.47. The second-order valence-electron chi connectivity index (χ2n) is 10.8. The van der Waals surface area contributed by atoms with Crippen molar-refractivity contribution in [3.63, 3.8) is 0 Å². The summed E-state index contributed by atoms with van der Waals surface area (Å²) in [7, 11) is 0. The molecule has 4 rings (SSSR count). The summed E-state index contributed by atoms with van der Waals surface area (Å²) in [5.41, 5.74) is 2.81. The highest BCUT2D eigenvalue weighted by atomic mass is 32.1. The van der Waals surface area contributed by atoms with E-state index in [1.54, 1.807) is 0 Å². The lowest BCUT2D eigenvalue weighted by Crippen LogP contribution is -2.34. The molecule has 2 aromatic rings. The van der Waals surface area contributed by atoms with E-state index in [0.717, 1.165) is 56.5 Å². The Kier molecular flexibility index (Phi) is 10.2. The maximum Gasteiger partial charge on any atom is 0.172 e. The van der Waals surface area contributed by atoms with Gasteiger partial charge in [0, 0.05) is 32.1 Å². The third kappa shape index (κ3) is 7.80. The van der Waals surface area contributed by atoms with E-state index in [0.29, 0.717) is 12.1 Å². The van der Waals surface area contributed by atoms with Crippen LogP contribution in [0.2, 0.25) is 0 Å². The fourth-order valence-corrected chi connectivity index (χ4v) is 5.81. The van der Waals surface area contributed by atoms with Gasteiger partial charge in [-0.15, -0.1) is 0 Å². The largest absolute Gasteiger partial charge is 0.369 e. The SMILES string of the molecule is CC(C)CCCN1C(=S)N(CCCC[C@H]2CN=C(CCCc3ccccc3)N2)C[C@H]1c1ccccc1. The molecule has 2 aliphatic heterocycles. The van der Waals surface area contributed by atoms with Gasteiger partial charge in [-0.2, -0.15) is 0 Å². The second-order valence-corrected chi connectivity index (χ2v) is 11.2. The monoisotopic (exact) mass is 504 g/mol. The lowest BCUT2D eigenvalue weighted by molar-refractivity contribution is 0.334. The number of hydrogen-bond donors (Lipinski definition) is 1. The molecule has 0 unspecified atom stereocenters. The topological polar surface area (TPSA) is 30.9 Å². The Balaban J connectivity index is 1.17. The van der Waals surface area contributed by atoms with E-state index in [4.69, 9.17) is 17.2 Å². The summed E-state index contributed by atoms with van der Waals surface area (Å²) < 4.78 is 0. The minimum Gasteiger partial charge on any atom is -0.369 e. The molecule has 4 nitrogen and oxygen atoms in total. The van der Waals surface area contributed by atoms with Crippen molar-refractivity contribution in [3.05, 3.63) is 71.8 Å². The van der Waals surface area contributed by atoms with Gasteiger partial charge in [0.1, 0.15) is 0 Å². The van der Waals surface area contributed by atoms with Crippen molar-refractivity contribution in [1.29, 1.82) is 0 Å². The van der Waals surface area contributed by atoms with Crippen LogP contribution in [-0.2, 0) is 6.42 Å². The Labute approximate surface area is 224 Å². The van der Waals surface area contributed by atoms with E-state index < -0.39 is 0 Å². The van der Waals surface area contributed by atoms with Crippen LogP contribution in [0.4, 0.5) is 0 Å². The molecule has 0 radical (unpaired) electrons. The zero-order chi connectivity index (χ0) is 25.2. The summed E-state index contributed by atoms with van der Waals surface area (Å²) in [4.78, 5) is 9.72. The number of unbranched alkanes of at least 4 members (excludes halogenated alkanes) is 1. The van der Waals surface area contributed by atoms with Gasteiger partial charge in [-0.3, -0.25) is 4.99 Å². The predicted octanol–water partition coefficient (Wildman–Crippen LogP) is 6.63. The summed E-state index contributed by atoms with van der Waals surface area (Å²) in [6.45, 7) is 8.68. The quantitative estimate of drug-likeness (QED) is 0.231.